The zero-order chi connectivity index (χ0) is 27.8. The standard InChI is InChI=1S/C33H34B2F2N2/c1-22-6-3-8-26(20-22)30(24-10-14-28(36)15-11-24)32(38)34-18-5-19-35-33(39)31(25-12-16-29(37)17-13-25)27-9-4-7-23(2)21-27/h3-4,6-17,20-21,34-35H,5,18-19,38-39H2,1-2H3. The van der Waals surface area contributed by atoms with Crippen LogP contribution >= 0.6 is 0 Å². The van der Waals surface area contributed by atoms with Crippen molar-refractivity contribution in [1.82, 2.24) is 0 Å². The topological polar surface area (TPSA) is 52.0 Å². The van der Waals surface area contributed by atoms with Gasteiger partial charge in [0.05, 0.1) is 0 Å². The molecule has 4 aromatic rings. The van der Waals surface area contributed by atoms with Gasteiger partial charge in [0.2, 0.25) is 0 Å². The van der Waals surface area contributed by atoms with Gasteiger partial charge in [0.1, 0.15) is 11.6 Å². The Bertz CT molecular complexity index is 1360. The fourth-order valence-corrected chi connectivity index (χ4v) is 4.97. The van der Waals surface area contributed by atoms with Crippen molar-refractivity contribution in [2.24, 2.45) is 11.5 Å². The molecule has 0 heterocycles. The SMILES string of the molecule is Cc1cccc(C(=C(N)BCCCBC(N)=C(c2ccc(F)cc2)c2cccc(C)c2)c2ccc(F)cc2)c1. The summed E-state index contributed by atoms with van der Waals surface area (Å²) in [5.41, 5.74) is 23.0. The van der Waals surface area contributed by atoms with Crippen LogP contribution in [-0.2, 0) is 0 Å². The Kier molecular flexibility index (Phi) is 9.43. The van der Waals surface area contributed by atoms with Gasteiger partial charge < -0.3 is 11.5 Å². The highest BCUT2D eigenvalue weighted by molar-refractivity contribution is 6.49. The number of benzene rings is 4. The van der Waals surface area contributed by atoms with Gasteiger partial charge in [0.25, 0.3) is 0 Å². The molecular weight excluding hydrogens is 484 g/mol. The fraction of sp³-hybridized carbons (Fsp3) is 0.152. The number of aryl methyl sites for hydroxylation is 2. The summed E-state index contributed by atoms with van der Waals surface area (Å²) >= 11 is 0. The molecular formula is C33H34B2F2N2. The number of hydrogen-bond donors (Lipinski definition) is 2. The van der Waals surface area contributed by atoms with Crippen LogP contribution in [0, 0.1) is 25.5 Å². The van der Waals surface area contributed by atoms with Crippen LogP contribution in [0.15, 0.2) is 108 Å². The lowest BCUT2D eigenvalue weighted by atomic mass is 9.61. The van der Waals surface area contributed by atoms with E-state index in [9.17, 15) is 8.78 Å². The van der Waals surface area contributed by atoms with Crippen molar-refractivity contribution in [2.45, 2.75) is 32.9 Å². The molecule has 0 aliphatic rings. The van der Waals surface area contributed by atoms with E-state index in [1.165, 1.54) is 24.3 Å². The Morgan fingerprint density at radius 2 is 0.949 bits per heavy atom. The molecule has 0 aromatic heterocycles. The largest absolute Gasteiger partial charge is 0.409 e. The smallest absolute Gasteiger partial charge is 0.179 e. The lowest BCUT2D eigenvalue weighted by molar-refractivity contribution is 0.627. The van der Waals surface area contributed by atoms with Gasteiger partial charge in [-0.25, -0.2) is 8.78 Å². The van der Waals surface area contributed by atoms with Crippen molar-refractivity contribution in [2.75, 3.05) is 0 Å². The van der Waals surface area contributed by atoms with Gasteiger partial charge in [-0.05, 0) is 82.7 Å². The second-order valence-electron chi connectivity index (χ2n) is 10.1. The van der Waals surface area contributed by atoms with Crippen LogP contribution in [-0.4, -0.2) is 14.6 Å². The number of rotatable bonds is 10. The monoisotopic (exact) mass is 518 g/mol. The lowest BCUT2D eigenvalue weighted by Crippen LogP contribution is -2.13. The molecule has 4 aromatic carbocycles. The summed E-state index contributed by atoms with van der Waals surface area (Å²) in [6, 6.07) is 29.5. The third-order valence-electron chi connectivity index (χ3n) is 6.91. The van der Waals surface area contributed by atoms with Crippen molar-refractivity contribution < 1.29 is 8.78 Å². The normalized spacial score (nSPS) is 12.4. The Balaban J connectivity index is 1.49. The minimum absolute atomic E-state index is 0.266. The summed E-state index contributed by atoms with van der Waals surface area (Å²) in [6.07, 6.45) is 2.77. The summed E-state index contributed by atoms with van der Waals surface area (Å²) in [7, 11) is 1.46. The van der Waals surface area contributed by atoms with Crippen LogP contribution in [0.1, 0.15) is 39.8 Å². The molecule has 0 saturated heterocycles. The summed E-state index contributed by atoms with van der Waals surface area (Å²) < 4.78 is 27.2. The zero-order valence-electron chi connectivity index (χ0n) is 22.7. The zero-order valence-corrected chi connectivity index (χ0v) is 22.7. The summed E-state index contributed by atoms with van der Waals surface area (Å²) in [6.45, 7) is 4.10. The predicted octanol–water partition coefficient (Wildman–Crippen LogP) is 6.73. The van der Waals surface area contributed by atoms with Crippen LogP contribution in [0.5, 0.6) is 0 Å². The lowest BCUT2D eigenvalue weighted by Gasteiger charge is -2.15. The van der Waals surface area contributed by atoms with Crippen molar-refractivity contribution in [3.8, 4) is 0 Å². The van der Waals surface area contributed by atoms with Gasteiger partial charge in [0, 0.05) is 0 Å². The second kappa shape index (κ2) is 13.1. The number of nitrogens with two attached hydrogens (primary N) is 2. The van der Waals surface area contributed by atoms with E-state index in [4.69, 9.17) is 11.5 Å². The molecule has 0 bridgehead atoms. The van der Waals surface area contributed by atoms with Gasteiger partial charge in [0.15, 0.2) is 14.6 Å². The van der Waals surface area contributed by atoms with Crippen molar-refractivity contribution in [1.29, 1.82) is 0 Å². The molecule has 2 nitrogen and oxygen atoms in total. The number of halogens is 2. The van der Waals surface area contributed by atoms with Crippen LogP contribution in [0.2, 0.25) is 12.6 Å². The van der Waals surface area contributed by atoms with Crippen LogP contribution in [0.4, 0.5) is 8.78 Å². The van der Waals surface area contributed by atoms with Crippen molar-refractivity contribution in [3.05, 3.63) is 153 Å². The average Bonchev–Trinajstić information content (AvgIpc) is 2.91. The molecule has 0 radical (unpaired) electrons. The van der Waals surface area contributed by atoms with Crippen molar-refractivity contribution >= 4 is 25.7 Å². The minimum Gasteiger partial charge on any atom is -0.409 e. The van der Waals surface area contributed by atoms with Gasteiger partial charge in [-0.3, -0.25) is 0 Å². The van der Waals surface area contributed by atoms with E-state index in [0.29, 0.717) is 0 Å². The molecule has 0 unspecified atom stereocenters. The molecule has 0 atom stereocenters. The van der Waals surface area contributed by atoms with Gasteiger partial charge in [-0.2, -0.15) is 0 Å². The van der Waals surface area contributed by atoms with E-state index in [2.05, 4.69) is 38.1 Å². The van der Waals surface area contributed by atoms with E-state index >= 15 is 0 Å². The predicted molar refractivity (Wildman–Crippen MR) is 164 cm³/mol. The maximum atomic E-state index is 13.6. The first kappa shape index (κ1) is 28.0. The Labute approximate surface area is 231 Å². The molecule has 0 amide bonds. The first-order valence-electron chi connectivity index (χ1n) is 13.4. The molecule has 4 N–H and O–H groups in total. The minimum atomic E-state index is -0.266. The van der Waals surface area contributed by atoms with E-state index < -0.39 is 0 Å². The van der Waals surface area contributed by atoms with Gasteiger partial charge in [-0.15, -0.1) is 0 Å². The number of hydrogen-bond acceptors (Lipinski definition) is 2. The Morgan fingerprint density at radius 3 is 1.31 bits per heavy atom. The van der Waals surface area contributed by atoms with Crippen LogP contribution < -0.4 is 11.5 Å². The highest BCUT2D eigenvalue weighted by atomic mass is 19.1. The van der Waals surface area contributed by atoms with E-state index in [0.717, 1.165) is 89.3 Å². The van der Waals surface area contributed by atoms with E-state index in [1.54, 1.807) is 24.3 Å². The summed E-state index contributed by atoms with van der Waals surface area (Å²) in [5, 5.41) is 0. The maximum Gasteiger partial charge on any atom is 0.179 e. The fourth-order valence-electron chi connectivity index (χ4n) is 4.97. The first-order valence-corrected chi connectivity index (χ1v) is 13.4. The Morgan fingerprint density at radius 1 is 0.564 bits per heavy atom. The molecule has 39 heavy (non-hydrogen) atoms. The second-order valence-corrected chi connectivity index (χ2v) is 10.1. The maximum absolute atomic E-state index is 13.6. The van der Waals surface area contributed by atoms with Gasteiger partial charge in [-0.1, -0.05) is 103 Å². The molecule has 0 aliphatic carbocycles. The molecule has 0 saturated carbocycles. The quantitative estimate of drug-likeness (QED) is 0.181. The highest BCUT2D eigenvalue weighted by Crippen LogP contribution is 2.28. The third-order valence-corrected chi connectivity index (χ3v) is 6.91. The van der Waals surface area contributed by atoms with E-state index in [-0.39, 0.29) is 11.6 Å². The highest BCUT2D eigenvalue weighted by Gasteiger charge is 2.13. The van der Waals surface area contributed by atoms with Crippen LogP contribution in [0.25, 0.3) is 11.1 Å². The van der Waals surface area contributed by atoms with E-state index in [1.807, 2.05) is 24.3 Å². The molecule has 0 spiro atoms. The average molecular weight is 518 g/mol. The van der Waals surface area contributed by atoms with Crippen LogP contribution in [0.3, 0.4) is 0 Å². The third kappa shape index (κ3) is 7.51. The van der Waals surface area contributed by atoms with Gasteiger partial charge >= 0.3 is 0 Å². The summed E-state index contributed by atoms with van der Waals surface area (Å²) in [5.74, 6) is -0.533. The molecule has 0 fully saturated rings. The summed E-state index contributed by atoms with van der Waals surface area (Å²) in [4.78, 5) is 0. The molecule has 0 aliphatic heterocycles. The Hall–Kier alpha value is -4.05. The van der Waals surface area contributed by atoms with Crippen molar-refractivity contribution in [3.63, 3.8) is 0 Å². The molecule has 6 heteroatoms. The first-order chi connectivity index (χ1) is 18.8. The molecule has 4 rings (SSSR count). The molecule has 196 valence electrons.